The van der Waals surface area contributed by atoms with Gasteiger partial charge in [0.1, 0.15) is 5.02 Å². The molecule has 2 rings (SSSR count). The normalized spacial score (nSPS) is 17.2. The van der Waals surface area contributed by atoms with Gasteiger partial charge in [-0.15, -0.1) is 0 Å². The number of fused-ring (bicyclic) bond motifs is 1. The van der Waals surface area contributed by atoms with E-state index in [1.165, 1.54) is 7.05 Å². The number of nitrogens with one attached hydrogen (secondary N) is 1. The highest BCUT2D eigenvalue weighted by atomic mass is 35.5. The predicted octanol–water partition coefficient (Wildman–Crippen LogP) is 0.868. The fourth-order valence-corrected chi connectivity index (χ4v) is 2.10. The smallest absolute Gasteiger partial charge is 0.168 e. The number of rotatable bonds is 1. The van der Waals surface area contributed by atoms with Crippen molar-refractivity contribution < 1.29 is 5.06 Å². The molecule has 1 heterocycles. The van der Waals surface area contributed by atoms with Gasteiger partial charge in [0.2, 0.25) is 0 Å². The Labute approximate surface area is 81.9 Å². The van der Waals surface area contributed by atoms with E-state index in [0.29, 0.717) is 10.7 Å². The van der Waals surface area contributed by atoms with Crippen LogP contribution in [0, 0.1) is 5.21 Å². The molecule has 0 saturated carbocycles. The van der Waals surface area contributed by atoms with Crippen LogP contribution in [-0.2, 0) is 12.8 Å². The van der Waals surface area contributed by atoms with Crippen LogP contribution in [0.5, 0.6) is 0 Å². The highest BCUT2D eigenvalue weighted by Crippen LogP contribution is 2.30. The summed E-state index contributed by atoms with van der Waals surface area (Å²) in [7, 11) is 1.52. The second-order valence-electron chi connectivity index (χ2n) is 3.32. The van der Waals surface area contributed by atoms with Gasteiger partial charge < -0.3 is 10.3 Å². The summed E-state index contributed by atoms with van der Waals surface area (Å²) in [6.45, 7) is 0. The average molecular weight is 199 g/mol. The van der Waals surface area contributed by atoms with Gasteiger partial charge in [0.25, 0.3) is 0 Å². The van der Waals surface area contributed by atoms with Crippen molar-refractivity contribution in [3.63, 3.8) is 0 Å². The first-order valence-electron chi connectivity index (χ1n) is 4.37. The van der Waals surface area contributed by atoms with Gasteiger partial charge in [-0.1, -0.05) is 11.6 Å². The standard InChI is InChI=1S/C9H11ClN2O/c1-12(13)8-5-11-7-4-2-3-6(7)9(8)10/h5,12H,2-4H2,1H3. The van der Waals surface area contributed by atoms with Crippen LogP contribution in [-0.4, -0.2) is 12.0 Å². The Hall–Kier alpha value is -0.640. The molecule has 13 heavy (non-hydrogen) atoms. The zero-order valence-corrected chi connectivity index (χ0v) is 8.19. The lowest BCUT2D eigenvalue weighted by Crippen LogP contribution is -2.98. The maximum Gasteiger partial charge on any atom is 0.168 e. The monoisotopic (exact) mass is 198 g/mol. The number of halogens is 1. The summed E-state index contributed by atoms with van der Waals surface area (Å²) < 4.78 is 0. The van der Waals surface area contributed by atoms with E-state index < -0.39 is 0 Å². The SMILES string of the molecule is C[NH+]([O-])c1cnc2c(c1Cl)CCC2. The minimum Gasteiger partial charge on any atom is -0.629 e. The molecule has 1 aromatic rings. The Morgan fingerprint density at radius 2 is 2.31 bits per heavy atom. The van der Waals surface area contributed by atoms with Crippen LogP contribution in [0.2, 0.25) is 5.02 Å². The third-order valence-corrected chi connectivity index (χ3v) is 2.85. The van der Waals surface area contributed by atoms with Crippen molar-refractivity contribution in [1.82, 2.24) is 4.98 Å². The maximum atomic E-state index is 11.1. The number of quaternary nitrogens is 1. The first kappa shape index (κ1) is 8.94. The van der Waals surface area contributed by atoms with Crippen molar-refractivity contribution in [2.24, 2.45) is 0 Å². The maximum absolute atomic E-state index is 11.1. The Bertz CT molecular complexity index is 339. The summed E-state index contributed by atoms with van der Waals surface area (Å²) in [4.78, 5) is 4.24. The number of hydrogen-bond donors (Lipinski definition) is 1. The molecule has 1 N–H and O–H groups in total. The number of hydroxylamine groups is 1. The molecule has 0 amide bonds. The van der Waals surface area contributed by atoms with Crippen molar-refractivity contribution >= 4 is 17.3 Å². The summed E-state index contributed by atoms with van der Waals surface area (Å²) >= 11 is 6.09. The van der Waals surface area contributed by atoms with Crippen LogP contribution in [0.1, 0.15) is 17.7 Å². The van der Waals surface area contributed by atoms with Gasteiger partial charge in [0.15, 0.2) is 5.69 Å². The fourth-order valence-electron chi connectivity index (χ4n) is 1.71. The van der Waals surface area contributed by atoms with Crippen molar-refractivity contribution in [2.45, 2.75) is 19.3 Å². The van der Waals surface area contributed by atoms with Gasteiger partial charge in [0.05, 0.1) is 13.2 Å². The van der Waals surface area contributed by atoms with E-state index in [-0.39, 0.29) is 5.06 Å². The van der Waals surface area contributed by atoms with E-state index >= 15 is 0 Å². The van der Waals surface area contributed by atoms with Crippen LogP contribution in [0.3, 0.4) is 0 Å². The van der Waals surface area contributed by atoms with Crippen molar-refractivity contribution in [3.05, 3.63) is 27.7 Å². The molecule has 1 aromatic heterocycles. The number of aryl methyl sites for hydroxylation is 1. The van der Waals surface area contributed by atoms with E-state index in [2.05, 4.69) is 4.98 Å². The minimum atomic E-state index is -0.00722. The zero-order valence-electron chi connectivity index (χ0n) is 7.43. The van der Waals surface area contributed by atoms with E-state index in [1.54, 1.807) is 6.20 Å². The molecule has 0 aliphatic heterocycles. The van der Waals surface area contributed by atoms with Crippen LogP contribution in [0.15, 0.2) is 6.20 Å². The van der Waals surface area contributed by atoms with Crippen LogP contribution < -0.4 is 5.06 Å². The molecular formula is C9H11ClN2O. The van der Waals surface area contributed by atoms with Gasteiger partial charge >= 0.3 is 0 Å². The number of nitrogens with zero attached hydrogens (tertiary/aromatic N) is 1. The molecule has 0 saturated heterocycles. The molecular weight excluding hydrogens is 188 g/mol. The lowest BCUT2D eigenvalue weighted by atomic mass is 10.2. The van der Waals surface area contributed by atoms with Crippen LogP contribution >= 0.6 is 11.6 Å². The Morgan fingerprint density at radius 1 is 1.54 bits per heavy atom. The molecule has 0 spiro atoms. The molecule has 0 fully saturated rings. The molecule has 1 aliphatic rings. The third-order valence-electron chi connectivity index (χ3n) is 2.42. The minimum absolute atomic E-state index is 0.00722. The Kier molecular flexibility index (Phi) is 2.24. The summed E-state index contributed by atoms with van der Waals surface area (Å²) in [6, 6.07) is 0. The molecule has 1 atom stereocenters. The molecule has 4 heteroatoms. The van der Waals surface area contributed by atoms with Crippen LogP contribution in [0.4, 0.5) is 5.69 Å². The lowest BCUT2D eigenvalue weighted by molar-refractivity contribution is -0.751. The van der Waals surface area contributed by atoms with Gasteiger partial charge in [-0.2, -0.15) is 0 Å². The first-order valence-corrected chi connectivity index (χ1v) is 4.75. The number of hydrogen-bond acceptors (Lipinski definition) is 2. The second kappa shape index (κ2) is 3.25. The largest absolute Gasteiger partial charge is 0.629 e. The van der Waals surface area contributed by atoms with Gasteiger partial charge in [0, 0.05) is 5.69 Å². The van der Waals surface area contributed by atoms with Gasteiger partial charge in [-0.3, -0.25) is 4.98 Å². The highest BCUT2D eigenvalue weighted by Gasteiger charge is 2.19. The van der Waals surface area contributed by atoms with E-state index in [4.69, 9.17) is 11.6 Å². The van der Waals surface area contributed by atoms with Crippen molar-refractivity contribution in [1.29, 1.82) is 0 Å². The Morgan fingerprint density at radius 3 is 3.00 bits per heavy atom. The molecule has 70 valence electrons. The summed E-state index contributed by atoms with van der Waals surface area (Å²) in [5, 5.41) is 11.8. The Balaban J connectivity index is 2.52. The molecule has 3 nitrogen and oxygen atoms in total. The number of pyridine rings is 1. The quantitative estimate of drug-likeness (QED) is 0.681. The molecule has 1 unspecified atom stereocenters. The predicted molar refractivity (Wildman–Crippen MR) is 51.2 cm³/mol. The number of aromatic nitrogens is 1. The van der Waals surface area contributed by atoms with E-state index in [0.717, 1.165) is 30.5 Å². The zero-order chi connectivity index (χ0) is 9.42. The molecule has 0 aromatic carbocycles. The summed E-state index contributed by atoms with van der Waals surface area (Å²) in [5.74, 6) is 0. The topological polar surface area (TPSA) is 40.4 Å². The van der Waals surface area contributed by atoms with E-state index in [9.17, 15) is 5.21 Å². The van der Waals surface area contributed by atoms with Gasteiger partial charge in [-0.05, 0) is 24.8 Å². The van der Waals surface area contributed by atoms with E-state index in [1.807, 2.05) is 0 Å². The van der Waals surface area contributed by atoms with Crippen molar-refractivity contribution in [3.8, 4) is 0 Å². The molecule has 0 bridgehead atoms. The molecule has 0 radical (unpaired) electrons. The average Bonchev–Trinajstić information content (AvgIpc) is 2.52. The second-order valence-corrected chi connectivity index (χ2v) is 3.70. The highest BCUT2D eigenvalue weighted by molar-refractivity contribution is 6.33. The van der Waals surface area contributed by atoms with Gasteiger partial charge in [-0.25, -0.2) is 0 Å². The van der Waals surface area contributed by atoms with Crippen LogP contribution in [0.25, 0.3) is 0 Å². The first-order chi connectivity index (χ1) is 6.20. The lowest BCUT2D eigenvalue weighted by Gasteiger charge is -2.17. The fraction of sp³-hybridized carbons (Fsp3) is 0.444. The molecule has 1 aliphatic carbocycles. The summed E-state index contributed by atoms with van der Waals surface area (Å²) in [5.41, 5.74) is 2.70. The van der Waals surface area contributed by atoms with Crippen molar-refractivity contribution in [2.75, 3.05) is 7.05 Å². The summed E-state index contributed by atoms with van der Waals surface area (Å²) in [6.07, 6.45) is 4.65. The third kappa shape index (κ3) is 1.43.